The van der Waals surface area contributed by atoms with Gasteiger partial charge >= 0.3 is 0 Å². The Labute approximate surface area is 85.6 Å². The highest BCUT2D eigenvalue weighted by Gasteiger charge is 2.00. The normalized spacial score (nSPS) is 9.64. The van der Waals surface area contributed by atoms with Gasteiger partial charge in [-0.05, 0) is 25.0 Å². The van der Waals surface area contributed by atoms with E-state index in [4.69, 9.17) is 4.74 Å². The second kappa shape index (κ2) is 5.43. The smallest absolute Gasteiger partial charge is 0.144 e. The molecule has 0 unspecified atom stereocenters. The second-order valence-electron chi connectivity index (χ2n) is 3.06. The van der Waals surface area contributed by atoms with E-state index in [-0.39, 0.29) is 0 Å². The molecule has 0 fully saturated rings. The minimum atomic E-state index is 0.840. The van der Waals surface area contributed by atoms with Crippen molar-refractivity contribution in [3.05, 3.63) is 24.3 Å². The van der Waals surface area contributed by atoms with Crippen molar-refractivity contribution in [1.29, 1.82) is 0 Å². The molecule has 0 N–H and O–H groups in total. The molecule has 0 amide bonds. The summed E-state index contributed by atoms with van der Waals surface area (Å²) in [6.07, 6.45) is 1.99. The Balaban J connectivity index is 3.00. The Morgan fingerprint density at radius 3 is 2.43 bits per heavy atom. The van der Waals surface area contributed by atoms with E-state index in [0.29, 0.717) is 0 Å². The molecule has 14 heavy (non-hydrogen) atoms. The first-order valence-electron chi connectivity index (χ1n) is 5.01. The second-order valence-corrected chi connectivity index (χ2v) is 3.06. The predicted octanol–water partition coefficient (Wildman–Crippen LogP) is 3.59. The topological polar surface area (TPSA) is 21.6 Å². The number of para-hydroxylation sites is 2. The summed E-state index contributed by atoms with van der Waals surface area (Å²) >= 11 is 0. The third kappa shape index (κ3) is 2.59. The molecule has 0 aliphatic heterocycles. The van der Waals surface area contributed by atoms with Crippen molar-refractivity contribution < 1.29 is 4.74 Å². The minimum Gasteiger partial charge on any atom is -0.494 e. The zero-order chi connectivity index (χ0) is 10.4. The number of hydrogen-bond donors (Lipinski definition) is 0. The van der Waals surface area contributed by atoms with Gasteiger partial charge in [0, 0.05) is 5.71 Å². The molecular weight excluding hydrogens is 174 g/mol. The van der Waals surface area contributed by atoms with Gasteiger partial charge in [0.15, 0.2) is 0 Å². The lowest BCUT2D eigenvalue weighted by Gasteiger charge is -2.05. The number of ether oxygens (including phenoxy) is 1. The number of methoxy groups -OCH3 is 1. The summed E-state index contributed by atoms with van der Waals surface area (Å²) in [7, 11) is 1.67. The first kappa shape index (κ1) is 10.8. The van der Waals surface area contributed by atoms with Gasteiger partial charge in [-0.1, -0.05) is 26.0 Å². The van der Waals surface area contributed by atoms with Gasteiger partial charge in [-0.25, -0.2) is 0 Å². The lowest BCUT2D eigenvalue weighted by Crippen LogP contribution is -1.92. The summed E-state index contributed by atoms with van der Waals surface area (Å²) in [4.78, 5) is 4.56. The maximum absolute atomic E-state index is 5.23. The first-order valence-corrected chi connectivity index (χ1v) is 5.01. The Kier molecular flexibility index (Phi) is 4.17. The van der Waals surface area contributed by atoms with Crippen LogP contribution in [0.4, 0.5) is 5.69 Å². The zero-order valence-electron chi connectivity index (χ0n) is 9.08. The van der Waals surface area contributed by atoms with E-state index in [1.54, 1.807) is 7.11 Å². The fourth-order valence-electron chi connectivity index (χ4n) is 1.30. The SMILES string of the molecule is CCC(CC)=Nc1ccccc1OC. The van der Waals surface area contributed by atoms with Gasteiger partial charge in [0.05, 0.1) is 7.11 Å². The molecule has 0 radical (unpaired) electrons. The monoisotopic (exact) mass is 191 g/mol. The number of benzene rings is 1. The van der Waals surface area contributed by atoms with E-state index in [9.17, 15) is 0 Å². The van der Waals surface area contributed by atoms with Crippen LogP contribution in [0.2, 0.25) is 0 Å². The third-order valence-electron chi connectivity index (χ3n) is 2.18. The first-order chi connectivity index (χ1) is 6.81. The Morgan fingerprint density at radius 2 is 1.86 bits per heavy atom. The van der Waals surface area contributed by atoms with Crippen LogP contribution in [-0.4, -0.2) is 12.8 Å². The molecule has 2 heteroatoms. The molecule has 0 saturated carbocycles. The molecule has 0 heterocycles. The molecule has 0 atom stereocenters. The molecule has 0 aliphatic carbocycles. The summed E-state index contributed by atoms with van der Waals surface area (Å²) in [6.45, 7) is 4.25. The quantitative estimate of drug-likeness (QED) is 0.666. The largest absolute Gasteiger partial charge is 0.494 e. The minimum absolute atomic E-state index is 0.840. The van der Waals surface area contributed by atoms with Gasteiger partial charge in [0.25, 0.3) is 0 Å². The van der Waals surface area contributed by atoms with E-state index >= 15 is 0 Å². The molecule has 1 aromatic rings. The van der Waals surface area contributed by atoms with Crippen LogP contribution in [0.1, 0.15) is 26.7 Å². The number of rotatable bonds is 4. The number of nitrogens with zero attached hydrogens (tertiary/aromatic N) is 1. The van der Waals surface area contributed by atoms with Crippen LogP contribution in [0.5, 0.6) is 5.75 Å². The molecule has 76 valence electrons. The zero-order valence-corrected chi connectivity index (χ0v) is 9.08. The van der Waals surface area contributed by atoms with Crippen LogP contribution in [0.25, 0.3) is 0 Å². The van der Waals surface area contributed by atoms with Gasteiger partial charge in [-0.2, -0.15) is 0 Å². The molecule has 0 spiro atoms. The average molecular weight is 191 g/mol. The molecule has 0 aliphatic rings. The maximum atomic E-state index is 5.23. The molecule has 0 aromatic heterocycles. The molecule has 0 saturated heterocycles. The van der Waals surface area contributed by atoms with E-state index in [0.717, 1.165) is 24.3 Å². The highest BCUT2D eigenvalue weighted by molar-refractivity contribution is 5.87. The van der Waals surface area contributed by atoms with E-state index in [1.807, 2.05) is 24.3 Å². The molecule has 1 aromatic carbocycles. The fraction of sp³-hybridized carbons (Fsp3) is 0.417. The van der Waals surface area contributed by atoms with Crippen LogP contribution in [0, 0.1) is 0 Å². The summed E-state index contributed by atoms with van der Waals surface area (Å²) in [5.41, 5.74) is 2.13. The lowest BCUT2D eigenvalue weighted by atomic mass is 10.2. The predicted molar refractivity (Wildman–Crippen MR) is 60.7 cm³/mol. The van der Waals surface area contributed by atoms with Crippen molar-refractivity contribution in [1.82, 2.24) is 0 Å². The Morgan fingerprint density at radius 1 is 1.21 bits per heavy atom. The van der Waals surface area contributed by atoms with Crippen molar-refractivity contribution >= 4 is 11.4 Å². The molecule has 1 rings (SSSR count). The maximum Gasteiger partial charge on any atom is 0.144 e. The van der Waals surface area contributed by atoms with E-state index < -0.39 is 0 Å². The van der Waals surface area contributed by atoms with E-state index in [2.05, 4.69) is 18.8 Å². The molecule has 2 nitrogen and oxygen atoms in total. The Bertz CT molecular complexity index is 312. The van der Waals surface area contributed by atoms with E-state index in [1.165, 1.54) is 5.71 Å². The average Bonchev–Trinajstić information content (AvgIpc) is 2.26. The highest BCUT2D eigenvalue weighted by Crippen LogP contribution is 2.26. The van der Waals surface area contributed by atoms with Crippen LogP contribution in [0.15, 0.2) is 29.3 Å². The summed E-state index contributed by atoms with van der Waals surface area (Å²) < 4.78 is 5.23. The van der Waals surface area contributed by atoms with Crippen molar-refractivity contribution in [3.8, 4) is 5.75 Å². The van der Waals surface area contributed by atoms with Gasteiger partial charge in [0.1, 0.15) is 11.4 Å². The van der Waals surface area contributed by atoms with Gasteiger partial charge in [0.2, 0.25) is 0 Å². The van der Waals surface area contributed by atoms with Crippen molar-refractivity contribution in [2.45, 2.75) is 26.7 Å². The van der Waals surface area contributed by atoms with Crippen LogP contribution >= 0.6 is 0 Å². The standard InChI is InChI=1S/C12H17NO/c1-4-10(5-2)13-11-8-6-7-9-12(11)14-3/h6-9H,4-5H2,1-3H3. The fourth-order valence-corrected chi connectivity index (χ4v) is 1.30. The van der Waals surface area contributed by atoms with Crippen molar-refractivity contribution in [3.63, 3.8) is 0 Å². The Hall–Kier alpha value is -1.31. The van der Waals surface area contributed by atoms with Gasteiger partial charge < -0.3 is 4.74 Å². The van der Waals surface area contributed by atoms with Crippen LogP contribution in [-0.2, 0) is 0 Å². The third-order valence-corrected chi connectivity index (χ3v) is 2.18. The van der Waals surface area contributed by atoms with Gasteiger partial charge in [-0.3, -0.25) is 4.99 Å². The highest BCUT2D eigenvalue weighted by atomic mass is 16.5. The summed E-state index contributed by atoms with van der Waals surface area (Å²) in [5, 5.41) is 0. The molecular formula is C12H17NO. The van der Waals surface area contributed by atoms with Crippen molar-refractivity contribution in [2.24, 2.45) is 4.99 Å². The van der Waals surface area contributed by atoms with Crippen LogP contribution < -0.4 is 4.74 Å². The molecule has 0 bridgehead atoms. The lowest BCUT2D eigenvalue weighted by molar-refractivity contribution is 0.416. The van der Waals surface area contributed by atoms with Crippen molar-refractivity contribution in [2.75, 3.05) is 7.11 Å². The summed E-state index contributed by atoms with van der Waals surface area (Å²) in [5.74, 6) is 0.840. The van der Waals surface area contributed by atoms with Gasteiger partial charge in [-0.15, -0.1) is 0 Å². The number of aliphatic imine (C=N–C) groups is 1. The van der Waals surface area contributed by atoms with Crippen LogP contribution in [0.3, 0.4) is 0 Å². The number of hydrogen-bond acceptors (Lipinski definition) is 2. The summed E-state index contributed by atoms with van der Waals surface area (Å²) in [6, 6.07) is 7.84.